The van der Waals surface area contributed by atoms with Crippen LogP contribution in [-0.2, 0) is 11.5 Å². The predicted molar refractivity (Wildman–Crippen MR) is 123 cm³/mol. The van der Waals surface area contributed by atoms with Crippen LogP contribution in [0.15, 0.2) is 64.4 Å². The lowest BCUT2D eigenvalue weighted by atomic mass is 10.2. The highest BCUT2D eigenvalue weighted by Crippen LogP contribution is 2.34. The van der Waals surface area contributed by atoms with Crippen LogP contribution < -0.4 is 9.47 Å². The van der Waals surface area contributed by atoms with Crippen molar-refractivity contribution in [3.05, 3.63) is 77.1 Å². The Hall–Kier alpha value is -3.17. The van der Waals surface area contributed by atoms with Crippen molar-refractivity contribution in [3.63, 3.8) is 0 Å². The number of aromatic nitrogens is 1. The molecule has 0 saturated heterocycles. The van der Waals surface area contributed by atoms with Crippen LogP contribution in [0.25, 0.3) is 0 Å². The highest BCUT2D eigenvalue weighted by Gasteiger charge is 2.21. The second-order valence-electron chi connectivity index (χ2n) is 6.57. The lowest BCUT2D eigenvalue weighted by Gasteiger charge is -2.12. The van der Waals surface area contributed by atoms with Gasteiger partial charge in [-0.3, -0.25) is 0 Å². The molecule has 0 atom stereocenters. The van der Waals surface area contributed by atoms with Gasteiger partial charge in [0.2, 0.25) is 0 Å². The maximum Gasteiger partial charge on any atom is 0.355 e. The van der Waals surface area contributed by atoms with Crippen LogP contribution in [0.3, 0.4) is 0 Å². The van der Waals surface area contributed by atoms with Gasteiger partial charge in [-0.25, -0.2) is 14.6 Å². The van der Waals surface area contributed by atoms with Crippen LogP contribution in [0.4, 0.5) is 0 Å². The van der Waals surface area contributed by atoms with Crippen LogP contribution in [0.5, 0.6) is 11.5 Å². The van der Waals surface area contributed by atoms with Crippen molar-refractivity contribution in [2.45, 2.75) is 21.3 Å². The molecular formula is C23H21NO6S2. The van der Waals surface area contributed by atoms with E-state index in [1.54, 1.807) is 20.3 Å². The summed E-state index contributed by atoms with van der Waals surface area (Å²) >= 11 is 2.59. The minimum atomic E-state index is -1.27. The Morgan fingerprint density at radius 1 is 0.750 bits per heavy atom. The number of nitrogens with zero attached hydrogens (tertiary/aromatic N) is 1. The fraction of sp³-hybridized carbons (Fsp3) is 0.174. The third kappa shape index (κ3) is 5.95. The lowest BCUT2D eigenvalue weighted by molar-refractivity contribution is 0.0679. The number of hydrogen-bond donors (Lipinski definition) is 2. The molecule has 3 rings (SSSR count). The number of carbonyl (C=O) groups is 2. The number of carboxylic acid groups (broad SMARTS) is 2. The van der Waals surface area contributed by atoms with Gasteiger partial charge in [-0.2, -0.15) is 0 Å². The summed E-state index contributed by atoms with van der Waals surface area (Å²) in [5, 5.41) is 19.2. The summed E-state index contributed by atoms with van der Waals surface area (Å²) < 4.78 is 10.3. The van der Waals surface area contributed by atoms with Crippen molar-refractivity contribution in [1.29, 1.82) is 0 Å². The highest BCUT2D eigenvalue weighted by molar-refractivity contribution is 7.99. The molecule has 7 nitrogen and oxygen atoms in total. The number of rotatable bonds is 10. The number of aromatic carboxylic acids is 2. The molecule has 0 radical (unpaired) electrons. The quantitative estimate of drug-likeness (QED) is 0.392. The first-order valence-electron chi connectivity index (χ1n) is 9.44. The molecule has 0 spiro atoms. The molecular weight excluding hydrogens is 450 g/mol. The summed E-state index contributed by atoms with van der Waals surface area (Å²) in [4.78, 5) is 28.3. The standard InChI is InChI=1S/C23H21NO6S2/c1-29-16-7-3-14(4-8-16)12-31-18-11-19(21(23(27)28)24-20(18)22(25)26)32-13-15-5-9-17(30-2)10-6-15/h3-11H,12-13H2,1-2H3,(H,25,26)(H,27,28). The molecule has 1 aromatic heterocycles. The minimum absolute atomic E-state index is 0.269. The van der Waals surface area contributed by atoms with Gasteiger partial charge in [0, 0.05) is 21.3 Å². The van der Waals surface area contributed by atoms with Gasteiger partial charge in [0.1, 0.15) is 11.5 Å². The Labute approximate surface area is 193 Å². The Balaban J connectivity index is 1.85. The predicted octanol–water partition coefficient (Wildman–Crippen LogP) is 5.08. The van der Waals surface area contributed by atoms with Gasteiger partial charge in [0.25, 0.3) is 0 Å². The van der Waals surface area contributed by atoms with E-state index in [4.69, 9.17) is 9.47 Å². The maximum absolute atomic E-state index is 11.7. The van der Waals surface area contributed by atoms with Crippen LogP contribution in [0, 0.1) is 0 Å². The summed E-state index contributed by atoms with van der Waals surface area (Å²) in [6.45, 7) is 0. The van der Waals surface area contributed by atoms with E-state index < -0.39 is 11.9 Å². The largest absolute Gasteiger partial charge is 0.497 e. The van der Waals surface area contributed by atoms with Crippen LogP contribution >= 0.6 is 23.5 Å². The second kappa shape index (κ2) is 10.9. The smallest absolute Gasteiger partial charge is 0.355 e. The van der Waals surface area contributed by atoms with Gasteiger partial charge < -0.3 is 19.7 Å². The van der Waals surface area contributed by atoms with Crippen molar-refractivity contribution < 1.29 is 29.3 Å². The van der Waals surface area contributed by atoms with Crippen LogP contribution in [-0.4, -0.2) is 41.4 Å². The molecule has 0 amide bonds. The number of hydrogen-bond acceptors (Lipinski definition) is 7. The molecule has 0 unspecified atom stereocenters. The lowest BCUT2D eigenvalue weighted by Crippen LogP contribution is -2.11. The van der Waals surface area contributed by atoms with E-state index in [0.29, 0.717) is 21.3 Å². The van der Waals surface area contributed by atoms with E-state index in [-0.39, 0.29) is 11.4 Å². The van der Waals surface area contributed by atoms with Gasteiger partial charge in [-0.15, -0.1) is 23.5 Å². The monoisotopic (exact) mass is 471 g/mol. The molecule has 3 aromatic rings. The molecule has 0 fully saturated rings. The first-order valence-corrected chi connectivity index (χ1v) is 11.4. The summed E-state index contributed by atoms with van der Waals surface area (Å²) in [6, 6.07) is 16.5. The van der Waals surface area contributed by atoms with Gasteiger partial charge in [-0.1, -0.05) is 24.3 Å². The van der Waals surface area contributed by atoms with Crippen molar-refractivity contribution in [2.75, 3.05) is 14.2 Å². The van der Waals surface area contributed by atoms with Crippen LogP contribution in [0.2, 0.25) is 0 Å². The molecule has 0 bridgehead atoms. The number of pyridine rings is 1. The molecule has 1 heterocycles. The van der Waals surface area contributed by atoms with E-state index in [0.717, 1.165) is 22.6 Å². The van der Waals surface area contributed by atoms with E-state index >= 15 is 0 Å². The van der Waals surface area contributed by atoms with Gasteiger partial charge >= 0.3 is 11.9 Å². The molecule has 0 aliphatic rings. The topological polar surface area (TPSA) is 106 Å². The number of benzene rings is 2. The van der Waals surface area contributed by atoms with Gasteiger partial charge in [0.15, 0.2) is 11.4 Å². The molecule has 2 N–H and O–H groups in total. The van der Waals surface area contributed by atoms with E-state index in [2.05, 4.69) is 4.98 Å². The zero-order valence-electron chi connectivity index (χ0n) is 17.4. The molecule has 32 heavy (non-hydrogen) atoms. The fourth-order valence-electron chi connectivity index (χ4n) is 2.77. The number of thioether (sulfide) groups is 2. The third-order valence-corrected chi connectivity index (χ3v) is 6.66. The van der Waals surface area contributed by atoms with Crippen molar-refractivity contribution in [1.82, 2.24) is 4.98 Å². The summed E-state index contributed by atoms with van der Waals surface area (Å²) in [7, 11) is 3.17. The van der Waals surface area contributed by atoms with Gasteiger partial charge in [-0.05, 0) is 41.5 Å². The van der Waals surface area contributed by atoms with Crippen molar-refractivity contribution in [3.8, 4) is 11.5 Å². The average molecular weight is 472 g/mol. The maximum atomic E-state index is 11.7. The zero-order valence-corrected chi connectivity index (χ0v) is 19.0. The number of carboxylic acids is 2. The molecule has 2 aromatic carbocycles. The van der Waals surface area contributed by atoms with Gasteiger partial charge in [0.05, 0.1) is 14.2 Å². The second-order valence-corrected chi connectivity index (χ2v) is 8.60. The van der Waals surface area contributed by atoms with E-state index in [9.17, 15) is 19.8 Å². The molecule has 0 saturated carbocycles. The van der Waals surface area contributed by atoms with Crippen molar-refractivity contribution in [2.24, 2.45) is 0 Å². The van der Waals surface area contributed by atoms with E-state index in [1.165, 1.54) is 23.5 Å². The van der Waals surface area contributed by atoms with Crippen LogP contribution in [0.1, 0.15) is 32.1 Å². The Kier molecular flexibility index (Phi) is 8.02. The molecule has 9 heteroatoms. The Morgan fingerprint density at radius 2 is 1.12 bits per heavy atom. The summed E-state index contributed by atoms with van der Waals surface area (Å²) in [5.74, 6) is -0.0701. The summed E-state index contributed by atoms with van der Waals surface area (Å²) in [5.41, 5.74) is 1.41. The summed E-state index contributed by atoms with van der Waals surface area (Å²) in [6.07, 6.45) is 0. The fourth-order valence-corrected chi connectivity index (χ4v) is 4.82. The molecule has 166 valence electrons. The normalized spacial score (nSPS) is 10.6. The van der Waals surface area contributed by atoms with Crippen molar-refractivity contribution >= 4 is 35.5 Å². The SMILES string of the molecule is COc1ccc(CSc2cc(SCc3ccc(OC)cc3)c(C(=O)O)nc2C(=O)O)cc1. The highest BCUT2D eigenvalue weighted by atomic mass is 32.2. The van der Waals surface area contributed by atoms with E-state index in [1.807, 2.05) is 48.5 Å². The Morgan fingerprint density at radius 3 is 1.44 bits per heavy atom. The minimum Gasteiger partial charge on any atom is -0.497 e. The third-order valence-electron chi connectivity index (χ3n) is 4.46. The Bertz CT molecular complexity index is 1020. The molecule has 0 aliphatic carbocycles. The zero-order chi connectivity index (χ0) is 23.1. The average Bonchev–Trinajstić information content (AvgIpc) is 2.81. The number of methoxy groups -OCH3 is 2. The first-order chi connectivity index (χ1) is 15.4. The molecule has 0 aliphatic heterocycles. The first kappa shape index (κ1) is 23.5. The number of ether oxygens (including phenoxy) is 2.